The van der Waals surface area contributed by atoms with Gasteiger partial charge < -0.3 is 15.4 Å². The van der Waals surface area contributed by atoms with Crippen molar-refractivity contribution in [1.29, 1.82) is 0 Å². The fraction of sp³-hybridized carbons (Fsp3) is 0.500. The van der Waals surface area contributed by atoms with Crippen LogP contribution in [0.15, 0.2) is 36.5 Å². The summed E-state index contributed by atoms with van der Waals surface area (Å²) in [7, 11) is 0. The van der Waals surface area contributed by atoms with Crippen LogP contribution >= 0.6 is 0 Å². The highest BCUT2D eigenvalue weighted by atomic mass is 16.5. The van der Waals surface area contributed by atoms with E-state index in [4.69, 9.17) is 4.74 Å². The van der Waals surface area contributed by atoms with E-state index in [0.717, 1.165) is 23.5 Å². The number of ether oxygens (including phenoxy) is 1. The van der Waals surface area contributed by atoms with Crippen LogP contribution in [0.1, 0.15) is 38.3 Å². The first kappa shape index (κ1) is 18.5. The SMILES string of the molecule is Cc1ccnn1-c1cccc(NC(=O)NCCOC2CCCCC2C)c1. The highest BCUT2D eigenvalue weighted by Gasteiger charge is 2.21. The van der Waals surface area contributed by atoms with E-state index in [2.05, 4.69) is 22.7 Å². The predicted molar refractivity (Wildman–Crippen MR) is 103 cm³/mol. The van der Waals surface area contributed by atoms with Gasteiger partial charge in [0.1, 0.15) is 0 Å². The molecule has 0 bridgehead atoms. The molecule has 1 fully saturated rings. The minimum absolute atomic E-state index is 0.223. The van der Waals surface area contributed by atoms with Crippen LogP contribution in [0.4, 0.5) is 10.5 Å². The quantitative estimate of drug-likeness (QED) is 0.772. The highest BCUT2D eigenvalue weighted by Crippen LogP contribution is 2.26. The Kier molecular flexibility index (Phi) is 6.28. The highest BCUT2D eigenvalue weighted by molar-refractivity contribution is 5.89. The molecule has 0 saturated heterocycles. The van der Waals surface area contributed by atoms with Crippen LogP contribution in [0.2, 0.25) is 0 Å². The summed E-state index contributed by atoms with van der Waals surface area (Å²) in [6.45, 7) is 5.30. The smallest absolute Gasteiger partial charge is 0.319 e. The molecule has 1 saturated carbocycles. The minimum atomic E-state index is -0.223. The lowest BCUT2D eigenvalue weighted by atomic mass is 9.88. The summed E-state index contributed by atoms with van der Waals surface area (Å²) in [5.41, 5.74) is 2.69. The Morgan fingerprint density at radius 1 is 1.31 bits per heavy atom. The molecule has 1 aliphatic carbocycles. The number of carbonyl (C=O) groups excluding carboxylic acids is 1. The maximum atomic E-state index is 12.1. The van der Waals surface area contributed by atoms with Gasteiger partial charge in [0.15, 0.2) is 0 Å². The predicted octanol–water partition coefficient (Wildman–Crippen LogP) is 3.90. The zero-order valence-corrected chi connectivity index (χ0v) is 15.6. The van der Waals surface area contributed by atoms with Crippen molar-refractivity contribution in [2.45, 2.75) is 45.6 Å². The van der Waals surface area contributed by atoms with E-state index in [1.807, 2.05) is 41.9 Å². The maximum Gasteiger partial charge on any atom is 0.319 e. The van der Waals surface area contributed by atoms with Crippen molar-refractivity contribution in [1.82, 2.24) is 15.1 Å². The second-order valence-corrected chi connectivity index (χ2v) is 6.99. The lowest BCUT2D eigenvalue weighted by Crippen LogP contribution is -2.34. The fourth-order valence-electron chi connectivity index (χ4n) is 3.44. The van der Waals surface area contributed by atoms with Gasteiger partial charge in [-0.2, -0.15) is 5.10 Å². The number of aromatic nitrogens is 2. The summed E-state index contributed by atoms with van der Waals surface area (Å²) in [5.74, 6) is 0.617. The number of anilines is 1. The molecule has 0 aliphatic heterocycles. The molecule has 0 spiro atoms. The van der Waals surface area contributed by atoms with Gasteiger partial charge in [0, 0.05) is 24.1 Å². The second kappa shape index (κ2) is 8.85. The van der Waals surface area contributed by atoms with Gasteiger partial charge in [-0.05, 0) is 49.9 Å². The number of hydrogen-bond donors (Lipinski definition) is 2. The first-order valence-electron chi connectivity index (χ1n) is 9.41. The summed E-state index contributed by atoms with van der Waals surface area (Å²) < 4.78 is 7.76. The summed E-state index contributed by atoms with van der Waals surface area (Å²) in [4.78, 5) is 12.1. The maximum absolute atomic E-state index is 12.1. The van der Waals surface area contributed by atoms with E-state index in [-0.39, 0.29) is 6.03 Å². The fourth-order valence-corrected chi connectivity index (χ4v) is 3.44. The van der Waals surface area contributed by atoms with Crippen LogP contribution in [-0.4, -0.2) is 35.1 Å². The molecule has 1 aromatic heterocycles. The molecule has 0 radical (unpaired) electrons. The summed E-state index contributed by atoms with van der Waals surface area (Å²) in [6, 6.07) is 9.35. The van der Waals surface area contributed by atoms with Gasteiger partial charge in [-0.1, -0.05) is 25.8 Å². The van der Waals surface area contributed by atoms with Gasteiger partial charge in [-0.15, -0.1) is 0 Å². The number of amides is 2. The third-order valence-electron chi connectivity index (χ3n) is 4.93. The molecular weight excluding hydrogens is 328 g/mol. The standard InChI is InChI=1S/C20H28N4O2/c1-15-6-3-4-9-19(15)26-13-12-21-20(25)23-17-7-5-8-18(14-17)24-16(2)10-11-22-24/h5,7-8,10-11,14-15,19H,3-4,6,9,12-13H2,1-2H3,(H2,21,23,25). The normalized spacial score (nSPS) is 19.9. The van der Waals surface area contributed by atoms with Crippen LogP contribution < -0.4 is 10.6 Å². The number of aryl methyl sites for hydroxylation is 1. The van der Waals surface area contributed by atoms with Crippen molar-refractivity contribution >= 4 is 11.7 Å². The number of carbonyl (C=O) groups is 1. The average molecular weight is 356 g/mol. The Bertz CT molecular complexity index is 728. The van der Waals surface area contributed by atoms with E-state index >= 15 is 0 Å². The van der Waals surface area contributed by atoms with Crippen molar-refractivity contribution in [3.8, 4) is 5.69 Å². The van der Waals surface area contributed by atoms with E-state index in [9.17, 15) is 4.79 Å². The summed E-state index contributed by atoms with van der Waals surface area (Å²) in [6.07, 6.45) is 7.02. The molecule has 26 heavy (non-hydrogen) atoms. The van der Waals surface area contributed by atoms with E-state index in [0.29, 0.717) is 25.2 Å². The number of nitrogens with zero attached hydrogens (tertiary/aromatic N) is 2. The molecule has 2 N–H and O–H groups in total. The van der Waals surface area contributed by atoms with Crippen molar-refractivity contribution in [2.24, 2.45) is 5.92 Å². The minimum Gasteiger partial charge on any atom is -0.376 e. The molecule has 140 valence electrons. The van der Waals surface area contributed by atoms with Crippen LogP contribution in [-0.2, 0) is 4.74 Å². The van der Waals surface area contributed by atoms with E-state index in [1.54, 1.807) is 6.20 Å². The Balaban J connectivity index is 1.44. The van der Waals surface area contributed by atoms with E-state index < -0.39 is 0 Å². The second-order valence-electron chi connectivity index (χ2n) is 6.99. The van der Waals surface area contributed by atoms with Crippen LogP contribution in [0, 0.1) is 12.8 Å². The monoisotopic (exact) mass is 356 g/mol. The Hall–Kier alpha value is -2.34. The first-order valence-corrected chi connectivity index (χ1v) is 9.41. The molecule has 1 heterocycles. The molecule has 2 unspecified atom stereocenters. The topological polar surface area (TPSA) is 68.2 Å². The third kappa shape index (κ3) is 4.85. The van der Waals surface area contributed by atoms with Gasteiger partial charge in [-0.25, -0.2) is 9.48 Å². The third-order valence-corrected chi connectivity index (χ3v) is 4.93. The van der Waals surface area contributed by atoms with Gasteiger partial charge in [0.05, 0.1) is 18.4 Å². The zero-order chi connectivity index (χ0) is 18.4. The van der Waals surface area contributed by atoms with Gasteiger partial charge in [0.25, 0.3) is 0 Å². The number of urea groups is 1. The molecule has 1 aliphatic rings. The van der Waals surface area contributed by atoms with Crippen molar-refractivity contribution in [3.05, 3.63) is 42.2 Å². The van der Waals surface area contributed by atoms with Crippen molar-refractivity contribution in [3.63, 3.8) is 0 Å². The Morgan fingerprint density at radius 3 is 2.92 bits per heavy atom. The molecule has 3 rings (SSSR count). The van der Waals surface area contributed by atoms with Gasteiger partial charge in [0.2, 0.25) is 0 Å². The van der Waals surface area contributed by atoms with Crippen LogP contribution in [0.3, 0.4) is 0 Å². The number of hydrogen-bond acceptors (Lipinski definition) is 3. The lowest BCUT2D eigenvalue weighted by molar-refractivity contribution is -0.00232. The molecular formula is C20H28N4O2. The Morgan fingerprint density at radius 2 is 2.15 bits per heavy atom. The van der Waals surface area contributed by atoms with Gasteiger partial charge >= 0.3 is 6.03 Å². The molecule has 2 amide bonds. The zero-order valence-electron chi connectivity index (χ0n) is 15.6. The van der Waals surface area contributed by atoms with Crippen LogP contribution in [0.5, 0.6) is 0 Å². The van der Waals surface area contributed by atoms with Crippen molar-refractivity contribution in [2.75, 3.05) is 18.5 Å². The first-order chi connectivity index (χ1) is 12.6. The summed E-state index contributed by atoms with van der Waals surface area (Å²) >= 11 is 0. The number of nitrogens with one attached hydrogen (secondary N) is 2. The Labute approximate surface area is 154 Å². The summed E-state index contributed by atoms with van der Waals surface area (Å²) in [5, 5.41) is 10.0. The molecule has 1 aromatic carbocycles. The lowest BCUT2D eigenvalue weighted by Gasteiger charge is -2.28. The largest absolute Gasteiger partial charge is 0.376 e. The van der Waals surface area contributed by atoms with E-state index in [1.165, 1.54) is 19.3 Å². The molecule has 6 heteroatoms. The van der Waals surface area contributed by atoms with Crippen molar-refractivity contribution < 1.29 is 9.53 Å². The average Bonchev–Trinajstić information content (AvgIpc) is 3.06. The number of benzene rings is 1. The molecule has 2 atom stereocenters. The van der Waals surface area contributed by atoms with Gasteiger partial charge in [-0.3, -0.25) is 0 Å². The number of rotatable bonds is 6. The molecule has 6 nitrogen and oxygen atoms in total. The molecule has 2 aromatic rings. The van der Waals surface area contributed by atoms with Crippen LogP contribution in [0.25, 0.3) is 5.69 Å².